The van der Waals surface area contributed by atoms with Crippen molar-refractivity contribution in [3.8, 4) is 0 Å². The zero-order chi connectivity index (χ0) is 6.57. The lowest BCUT2D eigenvalue weighted by Gasteiger charge is -2.07. The van der Waals surface area contributed by atoms with E-state index in [-0.39, 0.29) is 5.38 Å². The van der Waals surface area contributed by atoms with Gasteiger partial charge in [0, 0.05) is 5.38 Å². The molecule has 0 spiro atoms. The highest BCUT2D eigenvalue weighted by Crippen LogP contribution is 2.11. The summed E-state index contributed by atoms with van der Waals surface area (Å²) in [7, 11) is 0. The summed E-state index contributed by atoms with van der Waals surface area (Å²) in [5.41, 5.74) is 0. The molecular weight excluding hydrogens is 120 g/mol. The van der Waals surface area contributed by atoms with Gasteiger partial charge in [-0.25, -0.2) is 0 Å². The number of hydrogen-bond acceptors (Lipinski definition) is 0. The second-order valence-electron chi connectivity index (χ2n) is 2.26. The van der Waals surface area contributed by atoms with E-state index in [0.717, 1.165) is 0 Å². The molecule has 49 valence electrons. The average Bonchev–Trinajstić information content (AvgIpc) is 1.65. The van der Waals surface area contributed by atoms with Crippen LogP contribution in [0.3, 0.4) is 0 Å². The van der Waals surface area contributed by atoms with Crippen molar-refractivity contribution in [1.29, 1.82) is 0 Å². The van der Waals surface area contributed by atoms with Crippen molar-refractivity contribution in [2.24, 2.45) is 5.92 Å². The molecule has 0 amide bonds. The minimum atomic E-state index is 0.227. The fourth-order valence-corrected chi connectivity index (χ4v) is 0.837. The third kappa shape index (κ3) is 4.45. The zero-order valence-corrected chi connectivity index (χ0v) is 6.57. The number of hydrogen-bond donors (Lipinski definition) is 0. The molecule has 2 unspecified atom stereocenters. The highest BCUT2D eigenvalue weighted by molar-refractivity contribution is 6.21. The smallest absolute Gasteiger partial charge is 0.0341 e. The molecule has 1 heteroatoms. The highest BCUT2D eigenvalue weighted by Gasteiger charge is 2.02. The van der Waals surface area contributed by atoms with Crippen LogP contribution in [0.4, 0.5) is 0 Å². The van der Waals surface area contributed by atoms with Gasteiger partial charge in [0.05, 0.1) is 0 Å². The molecule has 0 saturated heterocycles. The lowest BCUT2D eigenvalue weighted by molar-refractivity contribution is 0.628. The summed E-state index contributed by atoms with van der Waals surface area (Å²) in [6.07, 6.45) is 3.35. The van der Waals surface area contributed by atoms with E-state index in [4.69, 9.17) is 11.6 Å². The fraction of sp³-hybridized carbons (Fsp3) is 0.857. The van der Waals surface area contributed by atoms with Gasteiger partial charge in [0.25, 0.3) is 0 Å². The predicted octanol–water partition coefficient (Wildman–Crippen LogP) is 2.86. The van der Waals surface area contributed by atoms with Gasteiger partial charge in [-0.2, -0.15) is 0 Å². The lowest BCUT2D eigenvalue weighted by Crippen LogP contribution is -2.01. The average molecular weight is 134 g/mol. The summed E-state index contributed by atoms with van der Waals surface area (Å²) in [6.45, 7) is 6.34. The van der Waals surface area contributed by atoms with E-state index >= 15 is 0 Å². The summed E-state index contributed by atoms with van der Waals surface area (Å²) in [6, 6.07) is 0. The Morgan fingerprint density at radius 2 is 2.00 bits per heavy atom. The Kier molecular flexibility index (Phi) is 4.35. The second-order valence-corrected chi connectivity index (χ2v) is 2.94. The van der Waals surface area contributed by atoms with Crippen LogP contribution in [0.15, 0.2) is 0 Å². The van der Waals surface area contributed by atoms with Gasteiger partial charge in [0.15, 0.2) is 0 Å². The Balaban J connectivity index is 3.10. The number of rotatable bonds is 3. The quantitative estimate of drug-likeness (QED) is 0.520. The normalized spacial score (nSPS) is 18.0. The molecule has 0 nitrogen and oxygen atoms in total. The first-order valence-corrected chi connectivity index (χ1v) is 3.59. The Labute approximate surface area is 57.2 Å². The molecule has 0 aromatic rings. The van der Waals surface area contributed by atoms with E-state index < -0.39 is 0 Å². The van der Waals surface area contributed by atoms with E-state index in [0.29, 0.717) is 5.92 Å². The van der Waals surface area contributed by atoms with Crippen molar-refractivity contribution in [2.45, 2.75) is 32.6 Å². The first-order chi connectivity index (χ1) is 3.66. The standard InChI is InChI=1S/C7H14Cl/c1-4-6(2)5-7(3)8/h5-7H,4H2,1-3H3. The maximum Gasteiger partial charge on any atom is 0.0341 e. The number of alkyl halides is 1. The lowest BCUT2D eigenvalue weighted by atomic mass is 10.0. The van der Waals surface area contributed by atoms with Crippen LogP contribution in [0, 0.1) is 12.3 Å². The van der Waals surface area contributed by atoms with Crippen LogP contribution in [0.2, 0.25) is 0 Å². The molecule has 0 aromatic carbocycles. The Hall–Kier alpha value is 0.290. The van der Waals surface area contributed by atoms with Gasteiger partial charge in [-0.1, -0.05) is 20.3 Å². The second kappa shape index (κ2) is 4.20. The molecule has 0 aliphatic rings. The Morgan fingerprint density at radius 3 is 2.12 bits per heavy atom. The van der Waals surface area contributed by atoms with E-state index in [2.05, 4.69) is 20.3 Å². The summed E-state index contributed by atoms with van der Waals surface area (Å²) in [5, 5.41) is 0.227. The first kappa shape index (κ1) is 8.29. The largest absolute Gasteiger partial charge is 0.123 e. The van der Waals surface area contributed by atoms with E-state index in [1.807, 2.05) is 6.92 Å². The molecule has 0 fully saturated rings. The van der Waals surface area contributed by atoms with Crippen LogP contribution >= 0.6 is 11.6 Å². The molecular formula is C7H14Cl. The number of halogens is 1. The maximum atomic E-state index is 5.70. The van der Waals surface area contributed by atoms with Crippen LogP contribution < -0.4 is 0 Å². The van der Waals surface area contributed by atoms with Gasteiger partial charge in [-0.15, -0.1) is 11.6 Å². The highest BCUT2D eigenvalue weighted by atomic mass is 35.5. The minimum Gasteiger partial charge on any atom is -0.123 e. The van der Waals surface area contributed by atoms with Crippen molar-refractivity contribution in [1.82, 2.24) is 0 Å². The molecule has 0 saturated carbocycles. The summed E-state index contributed by atoms with van der Waals surface area (Å²) >= 11 is 5.70. The van der Waals surface area contributed by atoms with Crippen molar-refractivity contribution < 1.29 is 0 Å². The van der Waals surface area contributed by atoms with E-state index in [9.17, 15) is 0 Å². The molecule has 1 radical (unpaired) electrons. The van der Waals surface area contributed by atoms with E-state index in [1.54, 1.807) is 0 Å². The topological polar surface area (TPSA) is 0 Å². The molecule has 0 bridgehead atoms. The van der Waals surface area contributed by atoms with Gasteiger partial charge in [-0.3, -0.25) is 0 Å². The third-order valence-corrected chi connectivity index (χ3v) is 1.38. The minimum absolute atomic E-state index is 0.227. The van der Waals surface area contributed by atoms with Crippen LogP contribution in [0.5, 0.6) is 0 Å². The Bertz CT molecular complexity index is 50.3. The van der Waals surface area contributed by atoms with Gasteiger partial charge in [0.2, 0.25) is 0 Å². The maximum absolute atomic E-state index is 5.70. The molecule has 0 heterocycles. The molecule has 2 atom stereocenters. The van der Waals surface area contributed by atoms with Crippen molar-refractivity contribution in [2.75, 3.05) is 0 Å². The van der Waals surface area contributed by atoms with Crippen LogP contribution in [0.25, 0.3) is 0 Å². The van der Waals surface area contributed by atoms with Crippen molar-refractivity contribution in [3.05, 3.63) is 6.42 Å². The third-order valence-electron chi connectivity index (χ3n) is 1.24. The van der Waals surface area contributed by atoms with E-state index in [1.165, 1.54) is 6.42 Å². The summed E-state index contributed by atoms with van der Waals surface area (Å²) in [4.78, 5) is 0. The van der Waals surface area contributed by atoms with Gasteiger partial charge >= 0.3 is 0 Å². The van der Waals surface area contributed by atoms with Gasteiger partial charge < -0.3 is 0 Å². The van der Waals surface area contributed by atoms with Crippen LogP contribution in [-0.4, -0.2) is 5.38 Å². The predicted molar refractivity (Wildman–Crippen MR) is 39.1 cm³/mol. The SMILES string of the molecule is CCC(C)[CH]C(C)Cl. The zero-order valence-electron chi connectivity index (χ0n) is 5.82. The molecule has 0 aliphatic heterocycles. The molecule has 0 aromatic heterocycles. The van der Waals surface area contributed by atoms with Crippen molar-refractivity contribution in [3.63, 3.8) is 0 Å². The van der Waals surface area contributed by atoms with Crippen LogP contribution in [-0.2, 0) is 0 Å². The fourth-order valence-electron chi connectivity index (χ4n) is 0.589. The monoisotopic (exact) mass is 133 g/mol. The van der Waals surface area contributed by atoms with Crippen molar-refractivity contribution >= 4 is 11.6 Å². The molecule has 0 aliphatic carbocycles. The summed E-state index contributed by atoms with van der Waals surface area (Å²) < 4.78 is 0. The molecule has 0 rings (SSSR count). The first-order valence-electron chi connectivity index (χ1n) is 3.15. The molecule has 8 heavy (non-hydrogen) atoms. The van der Waals surface area contributed by atoms with Gasteiger partial charge in [0.1, 0.15) is 0 Å². The Morgan fingerprint density at radius 1 is 1.50 bits per heavy atom. The van der Waals surface area contributed by atoms with Crippen LogP contribution in [0.1, 0.15) is 27.2 Å². The van der Waals surface area contributed by atoms with Gasteiger partial charge in [-0.05, 0) is 19.3 Å². The summed E-state index contributed by atoms with van der Waals surface area (Å²) in [5.74, 6) is 0.669. The molecule has 0 N–H and O–H groups in total.